The number of benzene rings is 2. The van der Waals surface area contributed by atoms with Gasteiger partial charge in [0.05, 0.1) is 10.7 Å². The molecule has 0 saturated heterocycles. The van der Waals surface area contributed by atoms with E-state index in [1.54, 1.807) is 24.3 Å². The zero-order valence-electron chi connectivity index (χ0n) is 13.2. The van der Waals surface area contributed by atoms with Crippen molar-refractivity contribution >= 4 is 49.1 Å². The van der Waals surface area contributed by atoms with E-state index in [2.05, 4.69) is 27.2 Å². The van der Waals surface area contributed by atoms with Crippen LogP contribution in [-0.2, 0) is 14.8 Å². The summed E-state index contributed by atoms with van der Waals surface area (Å²) in [5.74, 6) is 1.98. The number of terminal acetylenes is 1. The predicted molar refractivity (Wildman–Crippen MR) is 102 cm³/mol. The lowest BCUT2D eigenvalue weighted by molar-refractivity contribution is -0.119. The molecule has 0 spiro atoms. The van der Waals surface area contributed by atoms with Crippen molar-refractivity contribution in [1.82, 2.24) is 5.32 Å². The second-order valence-corrected chi connectivity index (χ2v) is 8.11. The van der Waals surface area contributed by atoms with Crippen LogP contribution in [0, 0.1) is 12.3 Å². The standard InChI is InChI=1S/C17H14BrClN2O3S/c1-3-12-5-4-6-14(9-12)21(11-17(22)20-2)25(23,24)16-8-7-13(18)10-15(16)19/h1,4-10H,11H2,2H3,(H,20,22). The second-order valence-electron chi connectivity index (χ2n) is 4.95. The molecular weight excluding hydrogens is 428 g/mol. The molecule has 25 heavy (non-hydrogen) atoms. The fraction of sp³-hybridized carbons (Fsp3) is 0.118. The molecule has 1 N–H and O–H groups in total. The predicted octanol–water partition coefficient (Wildman–Crippen LogP) is 3.03. The summed E-state index contributed by atoms with van der Waals surface area (Å²) in [6.45, 7) is -0.404. The number of hydrogen-bond acceptors (Lipinski definition) is 3. The van der Waals surface area contributed by atoms with Crippen LogP contribution < -0.4 is 9.62 Å². The van der Waals surface area contributed by atoms with Gasteiger partial charge in [-0.15, -0.1) is 6.42 Å². The van der Waals surface area contributed by atoms with Crippen molar-refractivity contribution in [3.63, 3.8) is 0 Å². The van der Waals surface area contributed by atoms with Crippen LogP contribution >= 0.6 is 27.5 Å². The summed E-state index contributed by atoms with van der Waals surface area (Å²) in [5, 5.41) is 2.46. The summed E-state index contributed by atoms with van der Waals surface area (Å²) in [7, 11) is -2.65. The second kappa shape index (κ2) is 7.91. The summed E-state index contributed by atoms with van der Waals surface area (Å²) in [4.78, 5) is 11.8. The fourth-order valence-corrected chi connectivity index (χ4v) is 4.51. The van der Waals surface area contributed by atoms with E-state index in [4.69, 9.17) is 18.0 Å². The molecule has 0 radical (unpaired) electrons. The third-order valence-electron chi connectivity index (χ3n) is 3.33. The largest absolute Gasteiger partial charge is 0.358 e. The first kappa shape index (κ1) is 19.3. The van der Waals surface area contributed by atoms with E-state index in [-0.39, 0.29) is 15.6 Å². The van der Waals surface area contributed by atoms with E-state index < -0.39 is 22.5 Å². The number of sulfonamides is 1. The van der Waals surface area contributed by atoms with Gasteiger partial charge >= 0.3 is 0 Å². The number of likely N-dealkylation sites (N-methyl/N-ethyl adjacent to an activating group) is 1. The molecule has 130 valence electrons. The first-order valence-corrected chi connectivity index (χ1v) is 9.65. The number of anilines is 1. The smallest absolute Gasteiger partial charge is 0.266 e. The molecule has 2 rings (SSSR count). The molecule has 2 aromatic rings. The van der Waals surface area contributed by atoms with Crippen LogP contribution in [0.4, 0.5) is 5.69 Å². The Hall–Kier alpha value is -2.01. The molecule has 2 aromatic carbocycles. The van der Waals surface area contributed by atoms with Crippen LogP contribution in [0.15, 0.2) is 51.8 Å². The molecule has 0 fully saturated rings. The van der Waals surface area contributed by atoms with Crippen LogP contribution in [0.2, 0.25) is 5.02 Å². The van der Waals surface area contributed by atoms with Gasteiger partial charge < -0.3 is 5.32 Å². The normalized spacial score (nSPS) is 10.8. The lowest BCUT2D eigenvalue weighted by atomic mass is 10.2. The van der Waals surface area contributed by atoms with Crippen molar-refractivity contribution in [3.05, 3.63) is 57.5 Å². The van der Waals surface area contributed by atoms with Gasteiger partial charge in [0, 0.05) is 17.1 Å². The van der Waals surface area contributed by atoms with Gasteiger partial charge in [0.2, 0.25) is 5.91 Å². The number of carbonyl (C=O) groups excluding carboxylic acids is 1. The zero-order chi connectivity index (χ0) is 18.6. The Balaban J connectivity index is 2.61. The van der Waals surface area contributed by atoms with Gasteiger partial charge in [0.25, 0.3) is 10.0 Å². The minimum atomic E-state index is -4.08. The molecular formula is C17H14BrClN2O3S. The monoisotopic (exact) mass is 440 g/mol. The quantitative estimate of drug-likeness (QED) is 0.725. The van der Waals surface area contributed by atoms with Crippen molar-refractivity contribution in [2.45, 2.75) is 4.90 Å². The molecule has 0 aliphatic rings. The molecule has 0 saturated carbocycles. The van der Waals surface area contributed by atoms with E-state index in [1.165, 1.54) is 25.2 Å². The number of halogens is 2. The number of amides is 1. The van der Waals surface area contributed by atoms with Gasteiger partial charge in [-0.2, -0.15) is 0 Å². The van der Waals surface area contributed by atoms with Crippen molar-refractivity contribution in [1.29, 1.82) is 0 Å². The average Bonchev–Trinajstić information content (AvgIpc) is 2.58. The molecule has 5 nitrogen and oxygen atoms in total. The number of hydrogen-bond donors (Lipinski definition) is 1. The summed E-state index contributed by atoms with van der Waals surface area (Å²) in [5.41, 5.74) is 0.773. The van der Waals surface area contributed by atoms with Crippen molar-refractivity contribution in [2.75, 3.05) is 17.9 Å². The van der Waals surface area contributed by atoms with Crippen LogP contribution in [0.5, 0.6) is 0 Å². The van der Waals surface area contributed by atoms with Gasteiger partial charge in [0.1, 0.15) is 11.4 Å². The number of nitrogens with one attached hydrogen (secondary N) is 1. The van der Waals surface area contributed by atoms with Gasteiger partial charge in [-0.05, 0) is 36.4 Å². The summed E-state index contributed by atoms with van der Waals surface area (Å²) in [6.07, 6.45) is 5.38. The van der Waals surface area contributed by atoms with E-state index in [1.807, 2.05) is 0 Å². The molecule has 8 heteroatoms. The zero-order valence-corrected chi connectivity index (χ0v) is 16.3. The highest BCUT2D eigenvalue weighted by Crippen LogP contribution is 2.30. The number of carbonyl (C=O) groups is 1. The maximum absolute atomic E-state index is 13.1. The van der Waals surface area contributed by atoms with Gasteiger partial charge in [-0.3, -0.25) is 9.10 Å². The van der Waals surface area contributed by atoms with E-state index in [0.717, 1.165) is 4.31 Å². The van der Waals surface area contributed by atoms with Crippen molar-refractivity contribution in [3.8, 4) is 12.3 Å². The molecule has 0 aromatic heterocycles. The highest BCUT2D eigenvalue weighted by Gasteiger charge is 2.29. The van der Waals surface area contributed by atoms with E-state index in [9.17, 15) is 13.2 Å². The van der Waals surface area contributed by atoms with Crippen molar-refractivity contribution in [2.24, 2.45) is 0 Å². The van der Waals surface area contributed by atoms with Gasteiger partial charge in [0.15, 0.2) is 0 Å². The minimum Gasteiger partial charge on any atom is -0.358 e. The highest BCUT2D eigenvalue weighted by atomic mass is 79.9. The molecule has 0 aliphatic heterocycles. The van der Waals surface area contributed by atoms with Gasteiger partial charge in [-0.1, -0.05) is 39.5 Å². The Bertz CT molecular complexity index is 955. The van der Waals surface area contributed by atoms with Crippen LogP contribution in [-0.4, -0.2) is 27.9 Å². The Morgan fingerprint density at radius 1 is 1.32 bits per heavy atom. The Morgan fingerprint density at radius 2 is 2.04 bits per heavy atom. The van der Waals surface area contributed by atoms with Crippen LogP contribution in [0.25, 0.3) is 0 Å². The molecule has 0 bridgehead atoms. The Labute approximate surface area is 160 Å². The molecule has 0 aliphatic carbocycles. The van der Waals surface area contributed by atoms with E-state index >= 15 is 0 Å². The third kappa shape index (κ3) is 4.34. The lowest BCUT2D eigenvalue weighted by Gasteiger charge is -2.24. The average molecular weight is 442 g/mol. The maximum atomic E-state index is 13.1. The van der Waals surface area contributed by atoms with E-state index in [0.29, 0.717) is 10.0 Å². The fourth-order valence-electron chi connectivity index (χ4n) is 2.08. The minimum absolute atomic E-state index is 0.0457. The summed E-state index contributed by atoms with van der Waals surface area (Å²) < 4.78 is 27.8. The van der Waals surface area contributed by atoms with Gasteiger partial charge in [-0.25, -0.2) is 8.42 Å². The first-order valence-electron chi connectivity index (χ1n) is 7.04. The molecule has 1 amide bonds. The number of nitrogens with zero attached hydrogens (tertiary/aromatic N) is 1. The molecule has 0 heterocycles. The highest BCUT2D eigenvalue weighted by molar-refractivity contribution is 9.10. The first-order chi connectivity index (χ1) is 11.8. The molecule has 0 atom stereocenters. The molecule has 0 unspecified atom stereocenters. The Kier molecular flexibility index (Phi) is 6.11. The van der Waals surface area contributed by atoms with Crippen LogP contribution in [0.1, 0.15) is 5.56 Å². The third-order valence-corrected chi connectivity index (χ3v) is 6.08. The number of rotatable bonds is 5. The topological polar surface area (TPSA) is 66.5 Å². The van der Waals surface area contributed by atoms with Crippen molar-refractivity contribution < 1.29 is 13.2 Å². The Morgan fingerprint density at radius 3 is 2.64 bits per heavy atom. The van der Waals surface area contributed by atoms with Crippen LogP contribution in [0.3, 0.4) is 0 Å². The SMILES string of the molecule is C#Cc1cccc(N(CC(=O)NC)S(=O)(=O)c2ccc(Br)cc2Cl)c1. The maximum Gasteiger partial charge on any atom is 0.266 e. The summed E-state index contributed by atoms with van der Waals surface area (Å²) >= 11 is 9.34. The lowest BCUT2D eigenvalue weighted by Crippen LogP contribution is -2.39. The summed E-state index contributed by atoms with van der Waals surface area (Å²) in [6, 6.07) is 10.8.